The molecule has 0 atom stereocenters. The van der Waals surface area contributed by atoms with Gasteiger partial charge in [-0.2, -0.15) is 0 Å². The summed E-state index contributed by atoms with van der Waals surface area (Å²) in [5, 5.41) is 3.23. The maximum absolute atomic E-state index is 13.4. The van der Waals surface area contributed by atoms with Crippen molar-refractivity contribution in [1.82, 2.24) is 4.90 Å². The zero-order chi connectivity index (χ0) is 12.1. The van der Waals surface area contributed by atoms with Crippen molar-refractivity contribution in [2.45, 2.75) is 12.8 Å². The Morgan fingerprint density at radius 3 is 2.76 bits per heavy atom. The van der Waals surface area contributed by atoms with Gasteiger partial charge in [-0.05, 0) is 38.1 Å². The number of rotatable bonds is 5. The van der Waals surface area contributed by atoms with E-state index in [1.165, 1.54) is 39.1 Å². The van der Waals surface area contributed by atoms with Gasteiger partial charge in [0.25, 0.3) is 0 Å². The van der Waals surface area contributed by atoms with Crippen molar-refractivity contribution in [3.63, 3.8) is 0 Å². The first-order chi connectivity index (χ1) is 8.29. The minimum absolute atomic E-state index is 0.287. The summed E-state index contributed by atoms with van der Waals surface area (Å²) in [5.41, 5.74) is 0.808. The Balaban J connectivity index is 1.80. The molecule has 0 spiro atoms. The Bertz CT molecular complexity index is 364. The van der Waals surface area contributed by atoms with E-state index in [-0.39, 0.29) is 11.6 Å². The molecule has 1 aromatic rings. The number of ether oxygens (including phenoxy) is 1. The summed E-state index contributed by atoms with van der Waals surface area (Å²) in [4.78, 5) is 2.42. The quantitative estimate of drug-likeness (QED) is 0.852. The zero-order valence-electron chi connectivity index (χ0n) is 10.2. The summed E-state index contributed by atoms with van der Waals surface area (Å²) in [6, 6.07) is 4.96. The smallest absolute Gasteiger partial charge is 0.167 e. The number of benzene rings is 1. The van der Waals surface area contributed by atoms with Crippen LogP contribution >= 0.6 is 0 Å². The maximum atomic E-state index is 13.4. The summed E-state index contributed by atoms with van der Waals surface area (Å²) in [5.74, 6) is -0.0336. The van der Waals surface area contributed by atoms with Crippen molar-refractivity contribution in [3.8, 4) is 5.75 Å². The molecule has 4 heteroatoms. The number of halogens is 1. The van der Waals surface area contributed by atoms with Gasteiger partial charge in [-0.15, -0.1) is 0 Å². The van der Waals surface area contributed by atoms with E-state index >= 15 is 0 Å². The summed E-state index contributed by atoms with van der Waals surface area (Å²) in [6.45, 7) is 4.26. The van der Waals surface area contributed by atoms with E-state index < -0.39 is 0 Å². The second-order valence-corrected chi connectivity index (χ2v) is 4.32. The molecular formula is C13H19FN2O. The number of hydrogen-bond acceptors (Lipinski definition) is 3. The molecule has 94 valence electrons. The predicted octanol–water partition coefficient (Wildman–Crippen LogP) is 2.34. The molecule has 0 radical (unpaired) electrons. The average Bonchev–Trinajstić information content (AvgIpc) is 2.82. The van der Waals surface area contributed by atoms with Gasteiger partial charge >= 0.3 is 0 Å². The zero-order valence-corrected chi connectivity index (χ0v) is 10.2. The Labute approximate surface area is 102 Å². The summed E-state index contributed by atoms with van der Waals surface area (Å²) >= 11 is 0. The van der Waals surface area contributed by atoms with Crippen LogP contribution in [0.2, 0.25) is 0 Å². The number of nitrogens with one attached hydrogen (secondary N) is 1. The molecule has 0 amide bonds. The highest BCUT2D eigenvalue weighted by Gasteiger charge is 2.10. The molecule has 1 aliphatic heterocycles. The van der Waals surface area contributed by atoms with Gasteiger partial charge in [-0.1, -0.05) is 0 Å². The molecular weight excluding hydrogens is 219 g/mol. The van der Waals surface area contributed by atoms with Gasteiger partial charge in [0, 0.05) is 24.8 Å². The second kappa shape index (κ2) is 5.87. The monoisotopic (exact) mass is 238 g/mol. The summed E-state index contributed by atoms with van der Waals surface area (Å²) in [7, 11) is 1.47. The van der Waals surface area contributed by atoms with Gasteiger partial charge in [0.1, 0.15) is 0 Å². The first kappa shape index (κ1) is 12.2. The Morgan fingerprint density at radius 1 is 1.35 bits per heavy atom. The number of anilines is 1. The van der Waals surface area contributed by atoms with Crippen LogP contribution in [0, 0.1) is 5.82 Å². The third-order valence-corrected chi connectivity index (χ3v) is 3.11. The largest absolute Gasteiger partial charge is 0.494 e. The molecule has 1 fully saturated rings. The Hall–Kier alpha value is -1.29. The fraction of sp³-hybridized carbons (Fsp3) is 0.538. The van der Waals surface area contributed by atoms with Crippen molar-refractivity contribution in [2.24, 2.45) is 0 Å². The fourth-order valence-electron chi connectivity index (χ4n) is 2.14. The SMILES string of the molecule is COc1ccc(NCCN2CCCC2)cc1F. The maximum Gasteiger partial charge on any atom is 0.167 e. The average molecular weight is 238 g/mol. The molecule has 0 aliphatic carbocycles. The van der Waals surface area contributed by atoms with Crippen LogP contribution in [0.4, 0.5) is 10.1 Å². The van der Waals surface area contributed by atoms with E-state index in [1.807, 2.05) is 6.07 Å². The highest BCUT2D eigenvalue weighted by atomic mass is 19.1. The van der Waals surface area contributed by atoms with E-state index in [2.05, 4.69) is 10.2 Å². The van der Waals surface area contributed by atoms with Gasteiger partial charge in [0.05, 0.1) is 7.11 Å². The van der Waals surface area contributed by atoms with Crippen LogP contribution in [0.25, 0.3) is 0 Å². The topological polar surface area (TPSA) is 24.5 Å². The highest BCUT2D eigenvalue weighted by molar-refractivity contribution is 5.47. The third kappa shape index (κ3) is 3.33. The van der Waals surface area contributed by atoms with Crippen molar-refractivity contribution < 1.29 is 9.13 Å². The van der Waals surface area contributed by atoms with E-state index in [9.17, 15) is 4.39 Å². The van der Waals surface area contributed by atoms with Crippen LogP contribution in [-0.4, -0.2) is 38.2 Å². The molecule has 1 aromatic carbocycles. The lowest BCUT2D eigenvalue weighted by Gasteiger charge is -2.15. The molecule has 1 N–H and O–H groups in total. The van der Waals surface area contributed by atoms with Crippen LogP contribution in [0.1, 0.15) is 12.8 Å². The molecule has 2 rings (SSSR count). The molecule has 17 heavy (non-hydrogen) atoms. The second-order valence-electron chi connectivity index (χ2n) is 4.32. The number of likely N-dealkylation sites (tertiary alicyclic amines) is 1. The Morgan fingerprint density at radius 2 is 2.12 bits per heavy atom. The number of nitrogens with zero attached hydrogens (tertiary/aromatic N) is 1. The van der Waals surface area contributed by atoms with Gasteiger partial charge < -0.3 is 15.0 Å². The molecule has 1 saturated heterocycles. The molecule has 0 aromatic heterocycles. The molecule has 0 bridgehead atoms. The minimum Gasteiger partial charge on any atom is -0.494 e. The lowest BCUT2D eigenvalue weighted by Crippen LogP contribution is -2.25. The molecule has 0 unspecified atom stereocenters. The first-order valence-electron chi connectivity index (χ1n) is 6.09. The molecule has 1 heterocycles. The number of methoxy groups -OCH3 is 1. The van der Waals surface area contributed by atoms with Gasteiger partial charge in [0.15, 0.2) is 11.6 Å². The Kier molecular flexibility index (Phi) is 4.20. The van der Waals surface area contributed by atoms with E-state index in [4.69, 9.17) is 4.74 Å². The van der Waals surface area contributed by atoms with E-state index in [0.29, 0.717) is 0 Å². The minimum atomic E-state index is -0.321. The molecule has 1 aliphatic rings. The first-order valence-corrected chi connectivity index (χ1v) is 6.09. The standard InChI is InChI=1S/C13H19FN2O/c1-17-13-5-4-11(10-12(13)14)15-6-9-16-7-2-3-8-16/h4-5,10,15H,2-3,6-9H2,1H3. The lowest BCUT2D eigenvalue weighted by atomic mass is 10.3. The number of hydrogen-bond donors (Lipinski definition) is 1. The van der Waals surface area contributed by atoms with Crippen molar-refractivity contribution in [2.75, 3.05) is 38.6 Å². The summed E-state index contributed by atoms with van der Waals surface area (Å²) < 4.78 is 18.3. The van der Waals surface area contributed by atoms with Crippen LogP contribution in [0.15, 0.2) is 18.2 Å². The van der Waals surface area contributed by atoms with Crippen molar-refractivity contribution in [3.05, 3.63) is 24.0 Å². The van der Waals surface area contributed by atoms with Crippen LogP contribution in [-0.2, 0) is 0 Å². The van der Waals surface area contributed by atoms with E-state index in [0.717, 1.165) is 18.8 Å². The van der Waals surface area contributed by atoms with Gasteiger partial charge in [-0.3, -0.25) is 0 Å². The van der Waals surface area contributed by atoms with E-state index in [1.54, 1.807) is 6.07 Å². The summed E-state index contributed by atoms with van der Waals surface area (Å²) in [6.07, 6.45) is 2.61. The third-order valence-electron chi connectivity index (χ3n) is 3.11. The van der Waals surface area contributed by atoms with Crippen LogP contribution in [0.3, 0.4) is 0 Å². The molecule has 3 nitrogen and oxygen atoms in total. The van der Waals surface area contributed by atoms with Crippen molar-refractivity contribution in [1.29, 1.82) is 0 Å². The normalized spacial score (nSPS) is 16.1. The van der Waals surface area contributed by atoms with Crippen LogP contribution < -0.4 is 10.1 Å². The van der Waals surface area contributed by atoms with Gasteiger partial charge in [-0.25, -0.2) is 4.39 Å². The van der Waals surface area contributed by atoms with Crippen molar-refractivity contribution >= 4 is 5.69 Å². The lowest BCUT2D eigenvalue weighted by molar-refractivity contribution is 0.352. The van der Waals surface area contributed by atoms with Crippen LogP contribution in [0.5, 0.6) is 5.75 Å². The predicted molar refractivity (Wildman–Crippen MR) is 67.1 cm³/mol. The fourth-order valence-corrected chi connectivity index (χ4v) is 2.14. The highest BCUT2D eigenvalue weighted by Crippen LogP contribution is 2.20. The molecule has 0 saturated carbocycles. The van der Waals surface area contributed by atoms with Gasteiger partial charge in [0.2, 0.25) is 0 Å².